The maximum atomic E-state index is 10.9. The number of hydrogen-bond donors (Lipinski definition) is 2. The maximum absolute atomic E-state index is 10.9. The number of rotatable bonds is 2. The molecule has 0 aromatic heterocycles. The van der Waals surface area contributed by atoms with E-state index in [2.05, 4.69) is 26.7 Å². The van der Waals surface area contributed by atoms with E-state index in [1.807, 2.05) is 24.3 Å². The maximum Gasteiger partial charge on any atom is 0.329 e. The van der Waals surface area contributed by atoms with Gasteiger partial charge in [0.1, 0.15) is 0 Å². The predicted octanol–water partition coefficient (Wildman–Crippen LogP) is 2.54. The second kappa shape index (κ2) is 4.37. The summed E-state index contributed by atoms with van der Waals surface area (Å²) in [6.07, 6.45) is 0. The van der Waals surface area contributed by atoms with Crippen LogP contribution in [-0.4, -0.2) is 6.03 Å². The summed E-state index contributed by atoms with van der Waals surface area (Å²) in [5, 5.41) is 0. The second-order valence-electron chi connectivity index (χ2n) is 3.36. The van der Waals surface area contributed by atoms with E-state index in [1.54, 1.807) is 0 Å². The predicted molar refractivity (Wildman–Crippen MR) is 61.6 cm³/mol. The molecule has 0 atom stereocenters. The number of hydrogen-bond acceptors (Lipinski definition) is 2. The molecule has 2 N–H and O–H groups in total. The zero-order chi connectivity index (χ0) is 10.7. The summed E-state index contributed by atoms with van der Waals surface area (Å²) < 4.78 is 1.16. The average molecular weight is 210 g/mol. The molecule has 0 radical (unpaired) electrons. The molecule has 76 valence electrons. The van der Waals surface area contributed by atoms with E-state index in [0.717, 1.165) is 15.6 Å². The lowest BCUT2D eigenvalue weighted by Gasteiger charge is -2.18. The van der Waals surface area contributed by atoms with Crippen LogP contribution < -0.4 is 10.0 Å². The highest BCUT2D eigenvalue weighted by Gasteiger charge is 2.13. The number of urea groups is 1. The van der Waals surface area contributed by atoms with Gasteiger partial charge in [-0.3, -0.25) is 0 Å². The van der Waals surface area contributed by atoms with E-state index in [9.17, 15) is 4.79 Å². The first kappa shape index (κ1) is 10.9. The summed E-state index contributed by atoms with van der Waals surface area (Å²) in [4.78, 5) is 10.9. The monoisotopic (exact) mass is 210 g/mol. The summed E-state index contributed by atoms with van der Waals surface area (Å²) in [5.74, 6) is 0.334. The van der Waals surface area contributed by atoms with Crippen molar-refractivity contribution in [3.05, 3.63) is 29.8 Å². The summed E-state index contributed by atoms with van der Waals surface area (Å²) in [7, 11) is 0. The van der Waals surface area contributed by atoms with Crippen LogP contribution in [-0.2, 0) is 0 Å². The van der Waals surface area contributed by atoms with Crippen LogP contribution in [0, 0.1) is 0 Å². The fraction of sp³-hybridized carbons (Fsp3) is 0.300. The molecular formula is C10H14N2OS. The molecule has 0 aliphatic heterocycles. The first-order chi connectivity index (χ1) is 6.54. The van der Waals surface area contributed by atoms with Crippen molar-refractivity contribution in [1.29, 1.82) is 0 Å². The molecule has 0 unspecified atom stereocenters. The van der Waals surface area contributed by atoms with Crippen molar-refractivity contribution in [2.75, 3.05) is 4.31 Å². The SMILES string of the molecule is CC(C)c1ccccc1N(S)C(N)=O. The highest BCUT2D eigenvalue weighted by molar-refractivity contribution is 7.82. The molecular weight excluding hydrogens is 196 g/mol. The van der Waals surface area contributed by atoms with Gasteiger partial charge in [0, 0.05) is 0 Å². The van der Waals surface area contributed by atoms with Gasteiger partial charge in [-0.05, 0) is 17.5 Å². The Morgan fingerprint density at radius 2 is 2.00 bits per heavy atom. The zero-order valence-corrected chi connectivity index (χ0v) is 9.16. The van der Waals surface area contributed by atoms with Gasteiger partial charge in [-0.25, -0.2) is 9.10 Å². The third kappa shape index (κ3) is 2.20. The second-order valence-corrected chi connectivity index (χ2v) is 3.76. The molecule has 2 amide bonds. The fourth-order valence-corrected chi connectivity index (χ4v) is 1.47. The molecule has 0 saturated heterocycles. The van der Waals surface area contributed by atoms with Gasteiger partial charge in [0.15, 0.2) is 0 Å². The number of carbonyl (C=O) groups is 1. The standard InChI is InChI=1S/C10H14N2OS/c1-7(2)8-5-3-4-6-9(8)12(14)10(11)13/h3-7,14H,1-2H3,(H2,11,13). The van der Waals surface area contributed by atoms with Crippen molar-refractivity contribution < 1.29 is 4.79 Å². The molecule has 1 aromatic carbocycles. The van der Waals surface area contributed by atoms with Gasteiger partial charge in [0.2, 0.25) is 0 Å². The minimum atomic E-state index is -0.568. The third-order valence-corrected chi connectivity index (χ3v) is 2.41. The fourth-order valence-electron chi connectivity index (χ4n) is 1.29. The van der Waals surface area contributed by atoms with Crippen molar-refractivity contribution in [2.24, 2.45) is 5.73 Å². The molecule has 0 fully saturated rings. The van der Waals surface area contributed by atoms with Gasteiger partial charge in [-0.15, -0.1) is 0 Å². The third-order valence-electron chi connectivity index (χ3n) is 2.00. The van der Waals surface area contributed by atoms with Crippen molar-refractivity contribution in [3.8, 4) is 0 Å². The van der Waals surface area contributed by atoms with Crippen LogP contribution in [0.2, 0.25) is 0 Å². The van der Waals surface area contributed by atoms with E-state index in [1.165, 1.54) is 0 Å². The van der Waals surface area contributed by atoms with Gasteiger partial charge >= 0.3 is 6.03 Å². The number of anilines is 1. The molecule has 0 aliphatic carbocycles. The van der Waals surface area contributed by atoms with Crippen molar-refractivity contribution in [1.82, 2.24) is 0 Å². The quantitative estimate of drug-likeness (QED) is 0.724. The number of para-hydroxylation sites is 1. The Morgan fingerprint density at radius 1 is 1.43 bits per heavy atom. The Bertz CT molecular complexity index is 339. The van der Waals surface area contributed by atoms with Crippen molar-refractivity contribution >= 4 is 24.5 Å². The van der Waals surface area contributed by atoms with Gasteiger partial charge in [-0.2, -0.15) is 0 Å². The first-order valence-electron chi connectivity index (χ1n) is 4.41. The van der Waals surface area contributed by atoms with Crippen LogP contribution in [0.5, 0.6) is 0 Å². The van der Waals surface area contributed by atoms with Gasteiger partial charge in [-0.1, -0.05) is 44.9 Å². The van der Waals surface area contributed by atoms with E-state index < -0.39 is 6.03 Å². The number of benzene rings is 1. The summed E-state index contributed by atoms with van der Waals surface area (Å²) in [5.41, 5.74) is 6.95. The molecule has 3 nitrogen and oxygen atoms in total. The van der Waals surface area contributed by atoms with Gasteiger partial charge in [0.25, 0.3) is 0 Å². The van der Waals surface area contributed by atoms with Crippen LogP contribution in [0.25, 0.3) is 0 Å². The van der Waals surface area contributed by atoms with Gasteiger partial charge < -0.3 is 5.73 Å². The zero-order valence-electron chi connectivity index (χ0n) is 8.27. The number of thiol groups is 1. The number of primary amides is 1. The highest BCUT2D eigenvalue weighted by atomic mass is 32.1. The largest absolute Gasteiger partial charge is 0.350 e. The van der Waals surface area contributed by atoms with Crippen LogP contribution >= 0.6 is 12.8 Å². The number of nitrogens with zero attached hydrogens (tertiary/aromatic N) is 1. The smallest absolute Gasteiger partial charge is 0.329 e. The lowest BCUT2D eigenvalue weighted by Crippen LogP contribution is -2.28. The highest BCUT2D eigenvalue weighted by Crippen LogP contribution is 2.27. The Balaban J connectivity index is 3.13. The normalized spacial score (nSPS) is 10.3. The number of nitrogens with two attached hydrogens (primary N) is 1. The average Bonchev–Trinajstić information content (AvgIpc) is 2.16. The summed E-state index contributed by atoms with van der Waals surface area (Å²) >= 11 is 4.04. The van der Waals surface area contributed by atoms with Gasteiger partial charge in [0.05, 0.1) is 5.69 Å². The Morgan fingerprint density at radius 3 is 2.50 bits per heavy atom. The molecule has 4 heteroatoms. The molecule has 0 heterocycles. The lowest BCUT2D eigenvalue weighted by atomic mass is 10.0. The van der Waals surface area contributed by atoms with Crippen LogP contribution in [0.15, 0.2) is 24.3 Å². The van der Waals surface area contributed by atoms with Crippen molar-refractivity contribution in [2.45, 2.75) is 19.8 Å². The number of carbonyl (C=O) groups excluding carboxylic acids is 1. The Hall–Kier alpha value is -1.16. The summed E-state index contributed by atoms with van der Waals surface area (Å²) in [6, 6.07) is 7.01. The van der Waals surface area contributed by atoms with Crippen LogP contribution in [0.1, 0.15) is 25.3 Å². The van der Waals surface area contributed by atoms with E-state index in [0.29, 0.717) is 5.92 Å². The van der Waals surface area contributed by atoms with E-state index in [4.69, 9.17) is 5.73 Å². The lowest BCUT2D eigenvalue weighted by molar-refractivity contribution is 0.257. The molecule has 0 spiro atoms. The topological polar surface area (TPSA) is 46.3 Å². The molecule has 1 aromatic rings. The molecule has 0 aliphatic rings. The summed E-state index contributed by atoms with van der Waals surface area (Å²) in [6.45, 7) is 4.11. The molecule has 14 heavy (non-hydrogen) atoms. The van der Waals surface area contributed by atoms with Crippen molar-refractivity contribution in [3.63, 3.8) is 0 Å². The molecule has 0 saturated carbocycles. The Kier molecular flexibility index (Phi) is 3.41. The minimum absolute atomic E-state index is 0.334. The molecule has 1 rings (SSSR count). The van der Waals surface area contributed by atoms with Crippen LogP contribution in [0.4, 0.5) is 10.5 Å². The van der Waals surface area contributed by atoms with Crippen LogP contribution in [0.3, 0.4) is 0 Å². The number of amides is 2. The Labute approximate surface area is 89.4 Å². The minimum Gasteiger partial charge on any atom is -0.350 e. The van der Waals surface area contributed by atoms with E-state index >= 15 is 0 Å². The van der Waals surface area contributed by atoms with E-state index in [-0.39, 0.29) is 0 Å². The first-order valence-corrected chi connectivity index (χ1v) is 4.81. The molecule has 0 bridgehead atoms.